The second kappa shape index (κ2) is 11.5. The van der Waals surface area contributed by atoms with Crippen LogP contribution in [0.4, 0.5) is 4.79 Å². The van der Waals surface area contributed by atoms with Crippen LogP contribution in [0, 0.1) is 11.8 Å². The molecule has 2 fully saturated rings. The molecular formula is C28H31O7. The van der Waals surface area contributed by atoms with Crippen molar-refractivity contribution in [3.05, 3.63) is 54.1 Å². The molecule has 4 rings (SSSR count). The SMILES string of the molecule is O=[C]C1C=CC=CC1(OC(=O)C1CCCCC1)C(=O)c1ccccc1OC(=O)OC1CCCCC1. The minimum Gasteiger partial charge on any atom is -0.445 e. The normalized spacial score (nSPS) is 25.0. The fraction of sp³-hybridized carbons (Fsp3) is 0.500. The topological polar surface area (TPSA) is 96.0 Å². The number of allylic oxidation sites excluding steroid dienone is 2. The van der Waals surface area contributed by atoms with Gasteiger partial charge < -0.3 is 14.2 Å². The number of ketones is 1. The average Bonchev–Trinajstić information content (AvgIpc) is 2.90. The van der Waals surface area contributed by atoms with Gasteiger partial charge in [-0.15, -0.1) is 0 Å². The molecule has 0 bridgehead atoms. The summed E-state index contributed by atoms with van der Waals surface area (Å²) in [4.78, 5) is 51.4. The number of hydrogen-bond donors (Lipinski definition) is 0. The van der Waals surface area contributed by atoms with Gasteiger partial charge in [-0.05, 0) is 56.7 Å². The summed E-state index contributed by atoms with van der Waals surface area (Å²) < 4.78 is 16.7. The third kappa shape index (κ3) is 5.72. The molecule has 2 unspecified atom stereocenters. The lowest BCUT2D eigenvalue weighted by atomic mass is 9.78. The van der Waals surface area contributed by atoms with Gasteiger partial charge in [0.25, 0.3) is 0 Å². The van der Waals surface area contributed by atoms with Crippen LogP contribution in [0.25, 0.3) is 0 Å². The van der Waals surface area contributed by atoms with Crippen LogP contribution < -0.4 is 4.74 Å². The molecule has 1 radical (unpaired) electrons. The molecule has 0 saturated heterocycles. The number of esters is 1. The summed E-state index contributed by atoms with van der Waals surface area (Å²) >= 11 is 0. The van der Waals surface area contributed by atoms with Gasteiger partial charge in [0.05, 0.1) is 17.4 Å². The number of rotatable bonds is 7. The Morgan fingerprint density at radius 1 is 0.886 bits per heavy atom. The summed E-state index contributed by atoms with van der Waals surface area (Å²) in [5, 5.41) is 0. The first kappa shape index (κ1) is 24.9. The standard InChI is InChI=1S/C28H31O7/c29-19-21-13-9-10-18-28(21,35-26(31)20-11-3-1-4-12-20)25(30)23-16-7-8-17-24(23)34-27(32)33-22-14-5-2-6-15-22/h7-10,13,16-18,20-22H,1-6,11-12,14-15H2. The quantitative estimate of drug-likeness (QED) is 0.292. The fourth-order valence-corrected chi connectivity index (χ4v) is 5.08. The molecule has 0 heterocycles. The Morgan fingerprint density at radius 2 is 1.57 bits per heavy atom. The maximum absolute atomic E-state index is 13.9. The molecule has 2 saturated carbocycles. The van der Waals surface area contributed by atoms with E-state index in [9.17, 15) is 19.2 Å². The lowest BCUT2D eigenvalue weighted by Gasteiger charge is -2.35. The zero-order valence-corrected chi connectivity index (χ0v) is 19.8. The molecule has 2 atom stereocenters. The highest BCUT2D eigenvalue weighted by Gasteiger charge is 2.50. The minimum atomic E-state index is -1.90. The van der Waals surface area contributed by atoms with Crippen molar-refractivity contribution in [1.29, 1.82) is 0 Å². The van der Waals surface area contributed by atoms with Gasteiger partial charge in [-0.3, -0.25) is 14.4 Å². The van der Waals surface area contributed by atoms with E-state index in [1.54, 1.807) is 24.3 Å². The van der Waals surface area contributed by atoms with Gasteiger partial charge in [0.1, 0.15) is 11.9 Å². The summed E-state index contributed by atoms with van der Waals surface area (Å²) in [6.07, 6.45) is 15.8. The van der Waals surface area contributed by atoms with Crippen molar-refractivity contribution < 1.29 is 33.4 Å². The van der Waals surface area contributed by atoms with E-state index in [0.717, 1.165) is 51.4 Å². The number of carbonyl (C=O) groups is 3. The number of benzene rings is 1. The number of ether oxygens (including phenoxy) is 3. The van der Waals surface area contributed by atoms with Crippen LogP contribution in [-0.2, 0) is 19.1 Å². The molecule has 1 aromatic carbocycles. The summed E-state index contributed by atoms with van der Waals surface area (Å²) in [5.74, 6) is -2.63. The van der Waals surface area contributed by atoms with Crippen molar-refractivity contribution in [3.63, 3.8) is 0 Å². The van der Waals surface area contributed by atoms with Crippen molar-refractivity contribution >= 4 is 24.2 Å². The van der Waals surface area contributed by atoms with E-state index in [0.29, 0.717) is 12.8 Å². The van der Waals surface area contributed by atoms with Gasteiger partial charge in [-0.1, -0.05) is 56.0 Å². The molecule has 35 heavy (non-hydrogen) atoms. The predicted octanol–water partition coefficient (Wildman–Crippen LogP) is 5.43. The second-order valence-corrected chi connectivity index (χ2v) is 9.44. The third-order valence-corrected chi connectivity index (χ3v) is 7.05. The maximum atomic E-state index is 13.9. The Labute approximate surface area is 205 Å². The number of hydrogen-bond acceptors (Lipinski definition) is 7. The summed E-state index contributed by atoms with van der Waals surface area (Å²) in [6.45, 7) is 0. The van der Waals surface area contributed by atoms with E-state index in [1.807, 2.05) is 6.29 Å². The highest BCUT2D eigenvalue weighted by atomic mass is 16.7. The highest BCUT2D eigenvalue weighted by molar-refractivity contribution is 6.09. The zero-order chi connectivity index (χ0) is 24.7. The van der Waals surface area contributed by atoms with Crippen LogP contribution in [-0.4, -0.2) is 35.9 Å². The Balaban J connectivity index is 1.59. The van der Waals surface area contributed by atoms with Crippen LogP contribution in [0.2, 0.25) is 0 Å². The summed E-state index contributed by atoms with van der Waals surface area (Å²) in [7, 11) is 0. The molecule has 0 spiro atoms. The van der Waals surface area contributed by atoms with Crippen molar-refractivity contribution in [2.75, 3.05) is 0 Å². The van der Waals surface area contributed by atoms with Crippen molar-refractivity contribution in [1.82, 2.24) is 0 Å². The lowest BCUT2D eigenvalue weighted by Crippen LogP contribution is -2.50. The maximum Gasteiger partial charge on any atom is 0.514 e. The Kier molecular flexibility index (Phi) is 8.16. The van der Waals surface area contributed by atoms with Gasteiger partial charge in [-0.2, -0.15) is 0 Å². The first-order valence-corrected chi connectivity index (χ1v) is 12.5. The van der Waals surface area contributed by atoms with E-state index in [2.05, 4.69) is 0 Å². The number of Topliss-reactive ketones (excluding diaryl/α,β-unsaturated/α-hetero) is 1. The van der Waals surface area contributed by atoms with E-state index < -0.39 is 29.4 Å². The van der Waals surface area contributed by atoms with Crippen LogP contribution in [0.3, 0.4) is 0 Å². The van der Waals surface area contributed by atoms with Crippen molar-refractivity contribution in [2.24, 2.45) is 11.8 Å². The van der Waals surface area contributed by atoms with E-state index in [4.69, 9.17) is 14.2 Å². The molecule has 0 amide bonds. The fourth-order valence-electron chi connectivity index (χ4n) is 5.08. The van der Waals surface area contributed by atoms with E-state index >= 15 is 0 Å². The van der Waals surface area contributed by atoms with Gasteiger partial charge in [0.2, 0.25) is 17.7 Å². The van der Waals surface area contributed by atoms with Crippen LogP contribution in [0.1, 0.15) is 74.6 Å². The Hall–Kier alpha value is -3.22. The average molecular weight is 480 g/mol. The zero-order valence-electron chi connectivity index (χ0n) is 19.8. The van der Waals surface area contributed by atoms with Crippen molar-refractivity contribution in [2.45, 2.75) is 75.9 Å². The molecule has 7 heteroatoms. The second-order valence-electron chi connectivity index (χ2n) is 9.44. The summed E-state index contributed by atoms with van der Waals surface area (Å²) in [5.41, 5.74) is -1.89. The first-order valence-electron chi connectivity index (χ1n) is 12.5. The van der Waals surface area contributed by atoms with Crippen LogP contribution in [0.5, 0.6) is 5.75 Å². The number of carbonyl (C=O) groups excluding carboxylic acids is 4. The minimum absolute atomic E-state index is 0.0148. The predicted molar refractivity (Wildman–Crippen MR) is 128 cm³/mol. The largest absolute Gasteiger partial charge is 0.514 e. The van der Waals surface area contributed by atoms with Crippen LogP contribution >= 0.6 is 0 Å². The Bertz CT molecular complexity index is 998. The molecule has 0 aromatic heterocycles. The van der Waals surface area contributed by atoms with Crippen molar-refractivity contribution in [3.8, 4) is 5.75 Å². The Morgan fingerprint density at radius 3 is 2.29 bits per heavy atom. The van der Waals surface area contributed by atoms with Gasteiger partial charge >= 0.3 is 12.1 Å². The summed E-state index contributed by atoms with van der Waals surface area (Å²) in [6, 6.07) is 6.20. The monoisotopic (exact) mass is 479 g/mol. The molecule has 185 valence electrons. The molecule has 0 N–H and O–H groups in total. The lowest BCUT2D eigenvalue weighted by molar-refractivity contribution is -0.159. The van der Waals surface area contributed by atoms with E-state index in [-0.39, 0.29) is 23.3 Å². The van der Waals surface area contributed by atoms with Gasteiger partial charge in [-0.25, -0.2) is 4.79 Å². The van der Waals surface area contributed by atoms with Gasteiger partial charge in [0, 0.05) is 0 Å². The first-order chi connectivity index (χ1) is 17.0. The van der Waals surface area contributed by atoms with Gasteiger partial charge in [0.15, 0.2) is 0 Å². The molecule has 7 nitrogen and oxygen atoms in total. The van der Waals surface area contributed by atoms with Crippen LogP contribution in [0.15, 0.2) is 48.6 Å². The smallest absolute Gasteiger partial charge is 0.445 e. The molecule has 3 aliphatic rings. The highest BCUT2D eigenvalue weighted by Crippen LogP contribution is 2.37. The molecule has 3 aliphatic carbocycles. The van der Waals surface area contributed by atoms with E-state index in [1.165, 1.54) is 24.3 Å². The molecular weight excluding hydrogens is 448 g/mol. The third-order valence-electron chi connectivity index (χ3n) is 7.05. The molecule has 0 aliphatic heterocycles. The number of para-hydroxylation sites is 1. The molecule has 1 aromatic rings.